The van der Waals surface area contributed by atoms with Gasteiger partial charge in [-0.1, -0.05) is 26.2 Å². The number of carbonyl (C=O) groups is 1. The van der Waals surface area contributed by atoms with Crippen molar-refractivity contribution in [2.45, 2.75) is 51.9 Å². The molecule has 116 valence electrons. The molecular weight excluding hydrogens is 270 g/mol. The van der Waals surface area contributed by atoms with E-state index < -0.39 is 11.5 Å². The second-order valence-corrected chi connectivity index (χ2v) is 5.72. The molecule has 1 unspecified atom stereocenters. The molecule has 1 aromatic heterocycles. The van der Waals surface area contributed by atoms with Gasteiger partial charge in [-0.05, 0) is 31.6 Å². The maximum absolute atomic E-state index is 12.0. The lowest BCUT2D eigenvalue weighted by molar-refractivity contribution is 0.0520. The first-order chi connectivity index (χ1) is 10.0. The molecule has 1 atom stereocenters. The third-order valence-electron chi connectivity index (χ3n) is 4.36. The fourth-order valence-electron chi connectivity index (χ4n) is 3.10. The SMILES string of the molecule is CCOC(=O)c1c(O)cc(C(C)C2CCCCC2)[nH]c1=O. The third kappa shape index (κ3) is 3.46. The fourth-order valence-corrected chi connectivity index (χ4v) is 3.10. The van der Waals surface area contributed by atoms with Gasteiger partial charge in [-0.3, -0.25) is 4.79 Å². The molecule has 0 saturated heterocycles. The highest BCUT2D eigenvalue weighted by atomic mass is 16.5. The fraction of sp³-hybridized carbons (Fsp3) is 0.625. The summed E-state index contributed by atoms with van der Waals surface area (Å²) < 4.78 is 4.79. The molecule has 1 fully saturated rings. The van der Waals surface area contributed by atoms with Gasteiger partial charge in [0, 0.05) is 11.8 Å². The van der Waals surface area contributed by atoms with E-state index in [-0.39, 0.29) is 23.8 Å². The number of ether oxygens (including phenoxy) is 1. The van der Waals surface area contributed by atoms with Gasteiger partial charge >= 0.3 is 5.97 Å². The van der Waals surface area contributed by atoms with Crippen LogP contribution >= 0.6 is 0 Å². The average molecular weight is 293 g/mol. The average Bonchev–Trinajstić information content (AvgIpc) is 2.47. The van der Waals surface area contributed by atoms with Gasteiger partial charge in [0.15, 0.2) is 5.56 Å². The summed E-state index contributed by atoms with van der Waals surface area (Å²) in [6.45, 7) is 3.88. The summed E-state index contributed by atoms with van der Waals surface area (Å²) in [4.78, 5) is 26.5. The van der Waals surface area contributed by atoms with Crippen molar-refractivity contribution < 1.29 is 14.6 Å². The molecule has 0 spiro atoms. The molecule has 0 radical (unpaired) electrons. The number of hydrogen-bond donors (Lipinski definition) is 2. The van der Waals surface area contributed by atoms with Crippen LogP contribution in [0.2, 0.25) is 0 Å². The van der Waals surface area contributed by atoms with Crippen molar-refractivity contribution in [2.75, 3.05) is 6.61 Å². The molecule has 5 nitrogen and oxygen atoms in total. The van der Waals surface area contributed by atoms with Crippen LogP contribution in [0.3, 0.4) is 0 Å². The molecule has 1 aromatic rings. The molecule has 1 saturated carbocycles. The van der Waals surface area contributed by atoms with Crippen molar-refractivity contribution in [1.29, 1.82) is 0 Å². The quantitative estimate of drug-likeness (QED) is 0.836. The number of hydrogen-bond acceptors (Lipinski definition) is 4. The predicted octanol–water partition coefficient (Wildman–Crippen LogP) is 2.94. The Hall–Kier alpha value is -1.78. The molecule has 0 aromatic carbocycles. The van der Waals surface area contributed by atoms with Crippen molar-refractivity contribution in [3.8, 4) is 5.75 Å². The van der Waals surface area contributed by atoms with Crippen LogP contribution in [0.5, 0.6) is 5.75 Å². The van der Waals surface area contributed by atoms with E-state index in [9.17, 15) is 14.7 Å². The second-order valence-electron chi connectivity index (χ2n) is 5.72. The highest BCUT2D eigenvalue weighted by Crippen LogP contribution is 2.35. The molecule has 1 aliphatic carbocycles. The summed E-state index contributed by atoms with van der Waals surface area (Å²) in [6.07, 6.45) is 5.98. The Morgan fingerprint density at radius 3 is 2.67 bits per heavy atom. The van der Waals surface area contributed by atoms with Crippen molar-refractivity contribution in [3.63, 3.8) is 0 Å². The van der Waals surface area contributed by atoms with Crippen molar-refractivity contribution in [1.82, 2.24) is 4.98 Å². The summed E-state index contributed by atoms with van der Waals surface area (Å²) in [5, 5.41) is 10.00. The van der Waals surface area contributed by atoms with Gasteiger partial charge in [0.1, 0.15) is 5.75 Å². The lowest BCUT2D eigenvalue weighted by atomic mass is 9.79. The Balaban J connectivity index is 2.26. The molecule has 0 amide bonds. The van der Waals surface area contributed by atoms with Crippen LogP contribution in [-0.2, 0) is 4.74 Å². The van der Waals surface area contributed by atoms with E-state index in [4.69, 9.17) is 4.74 Å². The van der Waals surface area contributed by atoms with E-state index in [1.165, 1.54) is 25.3 Å². The van der Waals surface area contributed by atoms with E-state index >= 15 is 0 Å². The Bertz CT molecular complexity index is 558. The molecule has 2 N–H and O–H groups in total. The molecule has 21 heavy (non-hydrogen) atoms. The van der Waals surface area contributed by atoms with Gasteiger partial charge in [-0.15, -0.1) is 0 Å². The van der Waals surface area contributed by atoms with E-state index in [1.807, 2.05) is 0 Å². The van der Waals surface area contributed by atoms with Gasteiger partial charge in [-0.25, -0.2) is 4.79 Å². The topological polar surface area (TPSA) is 79.4 Å². The maximum atomic E-state index is 12.0. The molecule has 1 aliphatic rings. The summed E-state index contributed by atoms with van der Waals surface area (Å²) >= 11 is 0. The molecule has 2 rings (SSSR count). The minimum Gasteiger partial charge on any atom is -0.507 e. The number of aromatic amines is 1. The van der Waals surface area contributed by atoms with Crippen molar-refractivity contribution in [3.05, 3.63) is 27.7 Å². The zero-order valence-corrected chi connectivity index (χ0v) is 12.6. The monoisotopic (exact) mass is 293 g/mol. The smallest absolute Gasteiger partial charge is 0.347 e. The molecule has 1 heterocycles. The number of aromatic nitrogens is 1. The minimum absolute atomic E-state index is 0.165. The zero-order valence-electron chi connectivity index (χ0n) is 12.6. The largest absolute Gasteiger partial charge is 0.507 e. The first kappa shape index (κ1) is 15.6. The Kier molecular flexibility index (Phi) is 5.04. The van der Waals surface area contributed by atoms with Crippen LogP contribution in [0.1, 0.15) is 67.9 Å². The predicted molar refractivity (Wildman–Crippen MR) is 79.7 cm³/mol. The number of nitrogens with one attached hydrogen (secondary N) is 1. The van der Waals surface area contributed by atoms with Crippen LogP contribution in [0, 0.1) is 5.92 Å². The van der Waals surface area contributed by atoms with E-state index in [0.29, 0.717) is 11.6 Å². The minimum atomic E-state index is -0.784. The number of carbonyl (C=O) groups excluding carboxylic acids is 1. The molecule has 5 heteroatoms. The van der Waals surface area contributed by atoms with Gasteiger partial charge in [0.2, 0.25) is 0 Å². The van der Waals surface area contributed by atoms with Gasteiger partial charge < -0.3 is 14.8 Å². The number of H-pyrrole nitrogens is 1. The van der Waals surface area contributed by atoms with Gasteiger partial charge in [0.25, 0.3) is 5.56 Å². The summed E-state index contributed by atoms with van der Waals surface area (Å²) in [5.41, 5.74) is -0.194. The zero-order chi connectivity index (χ0) is 15.4. The van der Waals surface area contributed by atoms with E-state index in [0.717, 1.165) is 12.8 Å². The number of rotatable bonds is 4. The lowest BCUT2D eigenvalue weighted by Crippen LogP contribution is -2.23. The lowest BCUT2D eigenvalue weighted by Gasteiger charge is -2.27. The van der Waals surface area contributed by atoms with E-state index in [2.05, 4.69) is 11.9 Å². The second kappa shape index (κ2) is 6.78. The van der Waals surface area contributed by atoms with Crippen LogP contribution in [0.25, 0.3) is 0 Å². The first-order valence-electron chi connectivity index (χ1n) is 7.67. The summed E-state index contributed by atoms with van der Waals surface area (Å²) in [5.74, 6) is -0.398. The van der Waals surface area contributed by atoms with Crippen LogP contribution in [0.4, 0.5) is 0 Å². The van der Waals surface area contributed by atoms with Crippen molar-refractivity contribution in [2.24, 2.45) is 5.92 Å². The highest BCUT2D eigenvalue weighted by Gasteiger charge is 2.25. The standard InChI is InChI=1S/C16H23NO4/c1-3-21-16(20)14-13(18)9-12(17-15(14)19)10(2)11-7-5-4-6-8-11/h9-11H,3-8H2,1-2H3,(H2,17,18,19). The van der Waals surface area contributed by atoms with E-state index in [1.54, 1.807) is 6.92 Å². The Morgan fingerprint density at radius 1 is 1.43 bits per heavy atom. The number of aromatic hydroxyl groups is 1. The maximum Gasteiger partial charge on any atom is 0.347 e. The van der Waals surface area contributed by atoms with Gasteiger partial charge in [-0.2, -0.15) is 0 Å². The Labute approximate surface area is 124 Å². The third-order valence-corrected chi connectivity index (χ3v) is 4.36. The van der Waals surface area contributed by atoms with Crippen LogP contribution < -0.4 is 5.56 Å². The summed E-state index contributed by atoms with van der Waals surface area (Å²) in [7, 11) is 0. The van der Waals surface area contributed by atoms with Crippen LogP contribution in [0.15, 0.2) is 10.9 Å². The highest BCUT2D eigenvalue weighted by molar-refractivity contribution is 5.91. The number of esters is 1. The molecule has 0 aliphatic heterocycles. The molecule has 0 bridgehead atoms. The van der Waals surface area contributed by atoms with Crippen LogP contribution in [-0.4, -0.2) is 22.7 Å². The van der Waals surface area contributed by atoms with Gasteiger partial charge in [0.05, 0.1) is 6.61 Å². The molecular formula is C16H23NO4. The Morgan fingerprint density at radius 2 is 2.10 bits per heavy atom. The normalized spacial score (nSPS) is 17.4. The summed E-state index contributed by atoms with van der Waals surface area (Å²) in [6, 6.07) is 1.49. The van der Waals surface area contributed by atoms with Crippen molar-refractivity contribution >= 4 is 5.97 Å². The first-order valence-corrected chi connectivity index (χ1v) is 7.67. The number of pyridine rings is 1.